The zero-order valence-corrected chi connectivity index (χ0v) is 15.6. The summed E-state index contributed by atoms with van der Waals surface area (Å²) < 4.78 is 2.87. The van der Waals surface area contributed by atoms with E-state index in [9.17, 15) is 0 Å². The first-order valence-corrected chi connectivity index (χ1v) is 8.47. The van der Waals surface area contributed by atoms with Crippen LogP contribution in [-0.2, 0) is 0 Å². The van der Waals surface area contributed by atoms with Crippen LogP contribution in [0, 0.1) is 0 Å². The molecule has 0 aliphatic carbocycles. The van der Waals surface area contributed by atoms with Gasteiger partial charge in [0.15, 0.2) is 0 Å². The van der Waals surface area contributed by atoms with Gasteiger partial charge in [0, 0.05) is 26.9 Å². The molecule has 0 unspecified atom stereocenters. The normalized spacial score (nSPS) is 9.67. The Morgan fingerprint density at radius 1 is 0.619 bits per heavy atom. The van der Waals surface area contributed by atoms with Gasteiger partial charge in [0.25, 0.3) is 0 Å². The van der Waals surface area contributed by atoms with E-state index in [1.165, 1.54) is 0 Å². The van der Waals surface area contributed by atoms with Crippen LogP contribution in [0.5, 0.6) is 0 Å². The number of halogens is 3. The van der Waals surface area contributed by atoms with Crippen molar-refractivity contribution in [1.29, 1.82) is 0 Å². The van der Waals surface area contributed by atoms with Gasteiger partial charge in [0.1, 0.15) is 4.60 Å². The average Bonchev–Trinajstić information content (AvgIpc) is 2.52. The van der Waals surface area contributed by atoms with Crippen LogP contribution in [0.4, 0.5) is 0 Å². The zero-order chi connectivity index (χ0) is 15.1. The van der Waals surface area contributed by atoms with E-state index in [0.29, 0.717) is 0 Å². The molecular formula is C16H11Br3N2. The molecule has 0 fully saturated rings. The number of nitrogens with zero attached hydrogens (tertiary/aromatic N) is 2. The summed E-state index contributed by atoms with van der Waals surface area (Å²) in [5.41, 5.74) is 2.15. The summed E-state index contributed by atoms with van der Waals surface area (Å²) in [6.45, 7) is 0. The molecule has 106 valence electrons. The van der Waals surface area contributed by atoms with Crippen molar-refractivity contribution in [2.45, 2.75) is 0 Å². The fraction of sp³-hybridized carbons (Fsp3) is 0. The Bertz CT molecular complexity index is 647. The minimum Gasteiger partial charge on any atom is -0.255 e. The van der Waals surface area contributed by atoms with Gasteiger partial charge in [-0.1, -0.05) is 30.3 Å². The van der Waals surface area contributed by atoms with E-state index in [2.05, 4.69) is 69.9 Å². The minimum absolute atomic E-state index is 0.862. The van der Waals surface area contributed by atoms with Gasteiger partial charge in [0.2, 0.25) is 0 Å². The summed E-state index contributed by atoms with van der Waals surface area (Å²) in [6, 6.07) is 17.9. The third-order valence-corrected chi connectivity index (χ3v) is 3.90. The molecule has 0 aliphatic heterocycles. The summed E-state index contributed by atoms with van der Waals surface area (Å²) in [6.07, 6.45) is 3.55. The molecule has 3 aromatic rings. The van der Waals surface area contributed by atoms with Gasteiger partial charge in [-0.2, -0.15) is 0 Å². The highest BCUT2D eigenvalue weighted by molar-refractivity contribution is 9.11. The number of hydrogen-bond acceptors (Lipinski definition) is 2. The second kappa shape index (κ2) is 8.41. The summed E-state index contributed by atoms with van der Waals surface area (Å²) >= 11 is 9.83. The molecule has 5 heteroatoms. The Kier molecular flexibility index (Phi) is 6.54. The number of aromatic nitrogens is 2. The van der Waals surface area contributed by atoms with E-state index in [4.69, 9.17) is 0 Å². The lowest BCUT2D eigenvalue weighted by atomic mass is 10.1. The van der Waals surface area contributed by atoms with Gasteiger partial charge in [-0.15, -0.1) is 0 Å². The molecule has 0 radical (unpaired) electrons. The molecule has 0 aliphatic rings. The summed E-state index contributed by atoms with van der Waals surface area (Å²) in [5.74, 6) is 0. The molecule has 3 rings (SSSR count). The van der Waals surface area contributed by atoms with E-state index >= 15 is 0 Å². The van der Waals surface area contributed by atoms with E-state index < -0.39 is 0 Å². The van der Waals surface area contributed by atoms with Crippen molar-refractivity contribution in [2.24, 2.45) is 0 Å². The number of rotatable bonds is 1. The summed E-state index contributed by atoms with van der Waals surface area (Å²) in [5, 5.41) is 0. The maximum atomic E-state index is 4.30. The van der Waals surface area contributed by atoms with Gasteiger partial charge in [-0.25, -0.2) is 4.98 Å². The summed E-state index contributed by atoms with van der Waals surface area (Å²) in [4.78, 5) is 8.25. The van der Waals surface area contributed by atoms with E-state index in [0.717, 1.165) is 24.8 Å². The third kappa shape index (κ3) is 5.69. The largest absolute Gasteiger partial charge is 0.255 e. The molecule has 0 saturated carbocycles. The van der Waals surface area contributed by atoms with Crippen molar-refractivity contribution in [3.8, 4) is 11.3 Å². The lowest BCUT2D eigenvalue weighted by Gasteiger charge is -1.99. The monoisotopic (exact) mass is 468 g/mol. The van der Waals surface area contributed by atoms with Crippen molar-refractivity contribution in [3.05, 3.63) is 80.5 Å². The molecule has 2 aromatic heterocycles. The van der Waals surface area contributed by atoms with Crippen LogP contribution >= 0.6 is 47.8 Å². The first-order chi connectivity index (χ1) is 10.1. The predicted octanol–water partition coefficient (Wildman–Crippen LogP) is 6.12. The van der Waals surface area contributed by atoms with E-state index in [-0.39, 0.29) is 0 Å². The highest BCUT2D eigenvalue weighted by Gasteiger charge is 1.96. The number of hydrogen-bond donors (Lipinski definition) is 0. The van der Waals surface area contributed by atoms with Crippen LogP contribution in [0.1, 0.15) is 0 Å². The SMILES string of the molecule is Brc1ccc(-c2ccccc2)nc1.Brc1ccc(Br)nc1. The molecular weight excluding hydrogens is 460 g/mol. The fourth-order valence-corrected chi connectivity index (χ4v) is 2.22. The highest BCUT2D eigenvalue weighted by atomic mass is 79.9. The molecule has 0 amide bonds. The fourth-order valence-electron chi connectivity index (χ4n) is 1.51. The Labute approximate surface area is 149 Å². The van der Waals surface area contributed by atoms with Crippen LogP contribution in [0.2, 0.25) is 0 Å². The first-order valence-electron chi connectivity index (χ1n) is 6.09. The van der Waals surface area contributed by atoms with Crippen LogP contribution in [0.25, 0.3) is 11.3 Å². The minimum atomic E-state index is 0.862. The molecule has 0 atom stereocenters. The maximum Gasteiger partial charge on any atom is 0.106 e. The first kappa shape index (κ1) is 16.3. The van der Waals surface area contributed by atoms with Gasteiger partial charge in [-0.05, 0) is 72.1 Å². The molecule has 2 nitrogen and oxygen atoms in total. The van der Waals surface area contributed by atoms with Gasteiger partial charge in [-0.3, -0.25) is 4.98 Å². The molecule has 1 aromatic carbocycles. The quantitative estimate of drug-likeness (QED) is 0.400. The number of pyridine rings is 2. The van der Waals surface area contributed by atoms with Gasteiger partial charge >= 0.3 is 0 Å². The van der Waals surface area contributed by atoms with Crippen LogP contribution in [0.3, 0.4) is 0 Å². The van der Waals surface area contributed by atoms with Crippen LogP contribution < -0.4 is 0 Å². The van der Waals surface area contributed by atoms with E-state index in [1.807, 2.05) is 48.7 Å². The van der Waals surface area contributed by atoms with E-state index in [1.54, 1.807) is 6.20 Å². The Morgan fingerprint density at radius 2 is 1.24 bits per heavy atom. The second-order valence-corrected chi connectivity index (χ2v) is 6.67. The molecule has 2 heterocycles. The molecule has 0 N–H and O–H groups in total. The van der Waals surface area contributed by atoms with Crippen molar-refractivity contribution < 1.29 is 0 Å². The highest BCUT2D eigenvalue weighted by Crippen LogP contribution is 2.17. The standard InChI is InChI=1S/C11H8BrN.C5H3Br2N/c12-10-6-7-11(13-8-10)9-4-2-1-3-5-9;6-4-1-2-5(7)8-3-4/h1-8H;1-3H. The van der Waals surface area contributed by atoms with Crippen LogP contribution in [0.15, 0.2) is 80.5 Å². The van der Waals surface area contributed by atoms with Crippen molar-refractivity contribution in [1.82, 2.24) is 9.97 Å². The Balaban J connectivity index is 0.000000173. The Hall–Kier alpha value is -1.04. The van der Waals surface area contributed by atoms with Crippen molar-refractivity contribution in [3.63, 3.8) is 0 Å². The average molecular weight is 471 g/mol. The lowest BCUT2D eigenvalue weighted by molar-refractivity contribution is 1.26. The van der Waals surface area contributed by atoms with Crippen molar-refractivity contribution >= 4 is 47.8 Å². The topological polar surface area (TPSA) is 25.8 Å². The predicted molar refractivity (Wildman–Crippen MR) is 97.0 cm³/mol. The summed E-state index contributed by atoms with van der Waals surface area (Å²) in [7, 11) is 0. The van der Waals surface area contributed by atoms with Gasteiger partial charge in [0.05, 0.1) is 5.69 Å². The molecule has 0 saturated heterocycles. The molecule has 0 bridgehead atoms. The van der Waals surface area contributed by atoms with Crippen LogP contribution in [-0.4, -0.2) is 9.97 Å². The lowest BCUT2D eigenvalue weighted by Crippen LogP contribution is -1.81. The van der Waals surface area contributed by atoms with Crippen molar-refractivity contribution in [2.75, 3.05) is 0 Å². The second-order valence-electron chi connectivity index (χ2n) is 4.03. The zero-order valence-electron chi connectivity index (χ0n) is 10.9. The molecule has 21 heavy (non-hydrogen) atoms. The smallest absolute Gasteiger partial charge is 0.106 e. The maximum absolute atomic E-state index is 4.30. The Morgan fingerprint density at radius 3 is 1.71 bits per heavy atom. The van der Waals surface area contributed by atoms with Gasteiger partial charge < -0.3 is 0 Å². The number of benzene rings is 1. The third-order valence-electron chi connectivity index (χ3n) is 2.49. The molecule has 0 spiro atoms.